The Kier molecular flexibility index (Phi) is 3.55. The number of ether oxygens (including phenoxy) is 2. The fraction of sp³-hybridized carbons (Fsp3) is 0.273. The number of hydrogen-bond donors (Lipinski definition) is 0. The molecule has 30 heavy (non-hydrogen) atoms. The first-order valence-electron chi connectivity index (χ1n) is 9.48. The highest BCUT2D eigenvalue weighted by molar-refractivity contribution is 6.23. The number of benzene rings is 2. The van der Waals surface area contributed by atoms with Crippen molar-refractivity contribution in [2.75, 3.05) is 9.80 Å². The molecular weight excluding hydrogens is 388 g/mol. The summed E-state index contributed by atoms with van der Waals surface area (Å²) in [5.41, 5.74) is -1.61. The summed E-state index contributed by atoms with van der Waals surface area (Å²) in [6.45, 7) is 3.90. The number of rotatable bonds is 1. The van der Waals surface area contributed by atoms with Gasteiger partial charge in [0.25, 0.3) is 5.91 Å². The second kappa shape index (κ2) is 5.76. The maximum atomic E-state index is 13.7. The highest BCUT2D eigenvalue weighted by atomic mass is 16.7. The van der Waals surface area contributed by atoms with E-state index >= 15 is 0 Å². The van der Waals surface area contributed by atoms with Crippen LogP contribution in [0, 0.1) is 0 Å². The molecule has 8 heteroatoms. The van der Waals surface area contributed by atoms with Crippen molar-refractivity contribution in [3.63, 3.8) is 0 Å². The molecule has 0 saturated carbocycles. The number of hydrogen-bond acceptors (Lipinski definition) is 6. The molecule has 5 rings (SSSR count). The number of esters is 1. The van der Waals surface area contributed by atoms with E-state index in [0.29, 0.717) is 22.5 Å². The largest absolute Gasteiger partial charge is 0.445 e. The third kappa shape index (κ3) is 1.85. The van der Waals surface area contributed by atoms with Gasteiger partial charge in [-0.3, -0.25) is 24.1 Å². The molecule has 0 bridgehead atoms. The molecule has 0 aliphatic carbocycles. The Morgan fingerprint density at radius 3 is 2.10 bits per heavy atom. The van der Waals surface area contributed by atoms with Gasteiger partial charge in [-0.1, -0.05) is 36.4 Å². The minimum atomic E-state index is -1.77. The zero-order valence-electron chi connectivity index (χ0n) is 16.5. The van der Waals surface area contributed by atoms with E-state index < -0.39 is 35.2 Å². The number of para-hydroxylation sites is 2. The minimum Gasteiger partial charge on any atom is -0.445 e. The molecule has 3 aliphatic rings. The number of amides is 3. The number of carbonyl (C=O) groups excluding carboxylic acids is 4. The fourth-order valence-corrected chi connectivity index (χ4v) is 5.01. The van der Waals surface area contributed by atoms with E-state index in [1.807, 2.05) is 0 Å². The quantitative estimate of drug-likeness (QED) is 0.672. The summed E-state index contributed by atoms with van der Waals surface area (Å²) >= 11 is 0. The van der Waals surface area contributed by atoms with E-state index in [0.717, 1.165) is 4.90 Å². The Morgan fingerprint density at radius 1 is 0.900 bits per heavy atom. The first-order valence-corrected chi connectivity index (χ1v) is 9.48. The fourth-order valence-electron chi connectivity index (χ4n) is 5.01. The highest BCUT2D eigenvalue weighted by Gasteiger charge is 2.84. The molecular formula is C22H18N2O6. The van der Waals surface area contributed by atoms with E-state index in [1.54, 1.807) is 48.5 Å². The van der Waals surface area contributed by atoms with Gasteiger partial charge in [0.2, 0.25) is 23.0 Å². The average Bonchev–Trinajstić information content (AvgIpc) is 3.07. The number of imide groups is 1. The van der Waals surface area contributed by atoms with E-state index in [1.165, 1.54) is 25.7 Å². The summed E-state index contributed by atoms with van der Waals surface area (Å²) in [7, 11) is 0. The monoisotopic (exact) mass is 406 g/mol. The van der Waals surface area contributed by atoms with E-state index in [2.05, 4.69) is 0 Å². The van der Waals surface area contributed by atoms with E-state index in [4.69, 9.17) is 9.47 Å². The van der Waals surface area contributed by atoms with Gasteiger partial charge in [0.15, 0.2) is 6.23 Å². The molecule has 1 spiro atoms. The third-order valence-electron chi connectivity index (χ3n) is 5.94. The van der Waals surface area contributed by atoms with E-state index in [9.17, 15) is 19.2 Å². The van der Waals surface area contributed by atoms with Crippen molar-refractivity contribution in [2.24, 2.45) is 0 Å². The van der Waals surface area contributed by atoms with Crippen molar-refractivity contribution < 1.29 is 28.7 Å². The number of fused-ring (bicyclic) bond motifs is 6. The lowest BCUT2D eigenvalue weighted by atomic mass is 9.69. The van der Waals surface area contributed by atoms with Gasteiger partial charge in [-0.05, 0) is 12.1 Å². The predicted molar refractivity (Wildman–Crippen MR) is 104 cm³/mol. The van der Waals surface area contributed by atoms with Crippen molar-refractivity contribution in [1.29, 1.82) is 0 Å². The topological polar surface area (TPSA) is 93.2 Å². The van der Waals surface area contributed by atoms with Crippen LogP contribution in [0.4, 0.5) is 11.4 Å². The Hall–Kier alpha value is -3.52. The molecule has 0 radical (unpaired) electrons. The first-order chi connectivity index (χ1) is 14.3. The van der Waals surface area contributed by atoms with Crippen molar-refractivity contribution in [1.82, 2.24) is 0 Å². The maximum Gasteiger partial charge on any atom is 0.303 e. The second-order valence-corrected chi connectivity index (χ2v) is 7.56. The van der Waals surface area contributed by atoms with Crippen LogP contribution in [0.5, 0.6) is 0 Å². The molecule has 8 nitrogen and oxygen atoms in total. The SMILES string of the molecule is CC(=O)O[C@@]12c3ccccc3N(C(C)=O)[C@@H]1O[C@@]21C(=O)N(C(C)=O)c2ccccc21. The Morgan fingerprint density at radius 2 is 1.50 bits per heavy atom. The van der Waals surface area contributed by atoms with Crippen LogP contribution in [0.1, 0.15) is 31.9 Å². The van der Waals surface area contributed by atoms with Gasteiger partial charge in [0.1, 0.15) is 0 Å². The molecule has 1 fully saturated rings. The maximum absolute atomic E-state index is 13.7. The molecule has 1 saturated heterocycles. The Bertz CT molecular complexity index is 1160. The standard InChI is InChI=1S/C22H18N2O6/c1-12(25)23-17-10-6-4-8-15(17)21(19(23)28)22(29-14(3)27)16-9-5-7-11-18(16)24(13(2)26)20(22)30-21/h4-11,20H,1-3H3/t20-,21+,22+/m1/s1. The summed E-state index contributed by atoms with van der Waals surface area (Å²) in [6.07, 6.45) is -1.03. The molecule has 0 N–H and O–H groups in total. The summed E-state index contributed by atoms with van der Waals surface area (Å²) in [4.78, 5) is 53.2. The minimum absolute atomic E-state index is 0.321. The molecule has 0 unspecified atom stereocenters. The summed E-state index contributed by atoms with van der Waals surface area (Å²) in [5, 5.41) is 0. The van der Waals surface area contributed by atoms with Crippen molar-refractivity contribution in [2.45, 2.75) is 38.2 Å². The van der Waals surface area contributed by atoms with Crippen LogP contribution in [-0.2, 0) is 39.9 Å². The Labute approximate surface area is 172 Å². The number of carbonyl (C=O) groups is 4. The zero-order valence-corrected chi connectivity index (χ0v) is 16.5. The van der Waals surface area contributed by atoms with Gasteiger partial charge < -0.3 is 9.47 Å². The smallest absolute Gasteiger partial charge is 0.303 e. The molecule has 3 atom stereocenters. The highest BCUT2D eigenvalue weighted by Crippen LogP contribution is 2.68. The van der Waals surface area contributed by atoms with Crippen molar-refractivity contribution in [3.8, 4) is 0 Å². The van der Waals surface area contributed by atoms with Gasteiger partial charge in [-0.25, -0.2) is 4.90 Å². The van der Waals surface area contributed by atoms with Gasteiger partial charge >= 0.3 is 5.97 Å². The molecule has 3 amide bonds. The predicted octanol–water partition coefficient (Wildman–Crippen LogP) is 1.96. The zero-order chi connectivity index (χ0) is 21.4. The molecule has 0 aromatic heterocycles. The van der Waals surface area contributed by atoms with Crippen LogP contribution in [0.2, 0.25) is 0 Å². The van der Waals surface area contributed by atoms with Crippen LogP contribution < -0.4 is 9.80 Å². The first kappa shape index (κ1) is 18.5. The lowest BCUT2D eigenvalue weighted by Crippen LogP contribution is -2.76. The normalized spacial score (nSPS) is 28.0. The third-order valence-corrected chi connectivity index (χ3v) is 5.94. The van der Waals surface area contributed by atoms with E-state index in [-0.39, 0.29) is 5.91 Å². The van der Waals surface area contributed by atoms with Gasteiger partial charge in [0, 0.05) is 31.9 Å². The molecule has 3 aliphatic heterocycles. The number of nitrogens with zero attached hydrogens (tertiary/aromatic N) is 2. The van der Waals surface area contributed by atoms with Crippen LogP contribution in [0.25, 0.3) is 0 Å². The molecule has 2 aromatic rings. The van der Waals surface area contributed by atoms with Crippen LogP contribution in [-0.4, -0.2) is 29.9 Å². The van der Waals surface area contributed by atoms with Crippen molar-refractivity contribution in [3.05, 3.63) is 59.7 Å². The van der Waals surface area contributed by atoms with Gasteiger partial charge in [-0.2, -0.15) is 0 Å². The summed E-state index contributed by atoms with van der Waals surface area (Å²) in [6, 6.07) is 13.7. The summed E-state index contributed by atoms with van der Waals surface area (Å²) in [5.74, 6) is -2.08. The van der Waals surface area contributed by atoms with Crippen LogP contribution in [0.3, 0.4) is 0 Å². The van der Waals surface area contributed by atoms with Gasteiger partial charge in [-0.15, -0.1) is 0 Å². The molecule has 3 heterocycles. The lowest BCUT2D eigenvalue weighted by molar-refractivity contribution is -0.342. The molecule has 2 aromatic carbocycles. The molecule has 152 valence electrons. The van der Waals surface area contributed by atoms with Crippen LogP contribution in [0.15, 0.2) is 48.5 Å². The Balaban J connectivity index is 1.84. The van der Waals surface area contributed by atoms with Crippen molar-refractivity contribution >= 4 is 35.1 Å². The number of anilines is 2. The lowest BCUT2D eigenvalue weighted by Gasteiger charge is -2.57. The second-order valence-electron chi connectivity index (χ2n) is 7.56. The van der Waals surface area contributed by atoms with Crippen LogP contribution >= 0.6 is 0 Å². The average molecular weight is 406 g/mol. The summed E-state index contributed by atoms with van der Waals surface area (Å²) < 4.78 is 12.1. The van der Waals surface area contributed by atoms with Gasteiger partial charge in [0.05, 0.1) is 11.4 Å².